The first-order valence-electron chi connectivity index (χ1n) is 9.82. The van der Waals surface area contributed by atoms with Crippen LogP contribution in [0.15, 0.2) is 54.6 Å². The van der Waals surface area contributed by atoms with Crippen molar-refractivity contribution in [1.82, 2.24) is 0 Å². The first-order chi connectivity index (χ1) is 16.3. The van der Waals surface area contributed by atoms with Gasteiger partial charge in [-0.1, -0.05) is 59.6 Å². The van der Waals surface area contributed by atoms with E-state index in [2.05, 4.69) is 0 Å². The fraction of sp³-hybridized carbons (Fsp3) is 0.167. The van der Waals surface area contributed by atoms with Gasteiger partial charge in [0.05, 0.1) is 38.5 Å². The van der Waals surface area contributed by atoms with Crippen LogP contribution in [0.25, 0.3) is 0 Å². The molecule has 0 aliphatic carbocycles. The molecule has 3 rings (SSSR count). The largest absolute Gasteiger partial charge is 0.496 e. The van der Waals surface area contributed by atoms with Crippen molar-refractivity contribution in [3.63, 3.8) is 0 Å². The average molecular weight is 523 g/mol. The lowest BCUT2D eigenvalue weighted by Gasteiger charge is -2.22. The van der Waals surface area contributed by atoms with Crippen molar-refractivity contribution in [2.24, 2.45) is 0 Å². The monoisotopic (exact) mass is 522 g/mol. The zero-order chi connectivity index (χ0) is 25.0. The van der Waals surface area contributed by atoms with Crippen LogP contribution < -0.4 is 24.3 Å². The fourth-order valence-electron chi connectivity index (χ4n) is 3.52. The summed E-state index contributed by atoms with van der Waals surface area (Å²) < 4.78 is 36.0. The van der Waals surface area contributed by atoms with Crippen molar-refractivity contribution in [2.75, 3.05) is 28.4 Å². The van der Waals surface area contributed by atoms with Gasteiger partial charge in [0.2, 0.25) is 18.2 Å². The fourth-order valence-corrected chi connectivity index (χ4v) is 6.44. The van der Waals surface area contributed by atoms with Gasteiger partial charge in [0.1, 0.15) is 22.6 Å². The van der Waals surface area contributed by atoms with E-state index in [-0.39, 0.29) is 49.5 Å². The molecule has 3 aromatic rings. The van der Waals surface area contributed by atoms with Crippen LogP contribution in [-0.2, 0) is 4.57 Å². The summed E-state index contributed by atoms with van der Waals surface area (Å²) in [5, 5.41) is -0.0321. The minimum atomic E-state index is -4.61. The van der Waals surface area contributed by atoms with E-state index in [9.17, 15) is 14.2 Å². The van der Waals surface area contributed by atoms with Crippen LogP contribution in [0.2, 0.25) is 10.0 Å². The molecule has 0 amide bonds. The van der Waals surface area contributed by atoms with Crippen LogP contribution in [0.3, 0.4) is 0 Å². The molecule has 0 radical (unpaired) electrons. The van der Waals surface area contributed by atoms with Gasteiger partial charge in [-0.15, -0.1) is 0 Å². The normalized spacial score (nSPS) is 12.4. The lowest BCUT2D eigenvalue weighted by molar-refractivity contribution is 0.103. The molecule has 0 aromatic heterocycles. The van der Waals surface area contributed by atoms with Gasteiger partial charge in [0.15, 0.2) is 11.5 Å². The predicted octanol–water partition coefficient (Wildman–Crippen LogP) is 5.70. The number of carbonyl (C=O) groups excluding carboxylic acids is 2. The molecule has 0 saturated carbocycles. The molecule has 0 fully saturated rings. The molecule has 0 aliphatic rings. The maximum atomic E-state index is 14.7. The quantitative estimate of drug-likeness (QED) is 0.333. The van der Waals surface area contributed by atoms with Gasteiger partial charge >= 0.3 is 0 Å². The Morgan fingerprint density at radius 1 is 0.676 bits per heavy atom. The van der Waals surface area contributed by atoms with Crippen molar-refractivity contribution in [1.29, 1.82) is 0 Å². The minimum absolute atomic E-state index is 0.00170. The molecular weight excluding hydrogens is 502 g/mol. The van der Waals surface area contributed by atoms with E-state index in [0.717, 1.165) is 0 Å². The summed E-state index contributed by atoms with van der Waals surface area (Å²) in [5.74, 6) is -0.0551. The molecule has 0 heterocycles. The Bertz CT molecular complexity index is 1240. The van der Waals surface area contributed by atoms with Gasteiger partial charge in [-0.2, -0.15) is 0 Å². The van der Waals surface area contributed by atoms with Crippen LogP contribution in [0.1, 0.15) is 20.7 Å². The highest BCUT2D eigenvalue weighted by atomic mass is 35.5. The van der Waals surface area contributed by atoms with E-state index < -0.39 is 18.2 Å². The summed E-state index contributed by atoms with van der Waals surface area (Å²) in [6, 6.07) is 13.6. The maximum Gasteiger partial charge on any atom is 0.249 e. The summed E-state index contributed by atoms with van der Waals surface area (Å²) in [7, 11) is 0.652. The van der Waals surface area contributed by atoms with Crippen LogP contribution in [0, 0.1) is 0 Å². The number of rotatable bonds is 9. The zero-order valence-corrected chi connectivity index (χ0v) is 21.2. The standard InChI is InChI=1S/C24H21Cl2O7P/c1-30-17-11-8-12-18(31-2)19(17)23(27)34(29,14-9-6-5-7-10-14)24(28)20-21(32-3)15(25)13-16(26)22(20)33-4/h5-13H,1-4H3. The van der Waals surface area contributed by atoms with Gasteiger partial charge in [-0.05, 0) is 18.2 Å². The Kier molecular flexibility index (Phi) is 7.93. The second kappa shape index (κ2) is 10.5. The van der Waals surface area contributed by atoms with Gasteiger partial charge in [-0.25, -0.2) is 0 Å². The van der Waals surface area contributed by atoms with Crippen molar-refractivity contribution in [3.05, 3.63) is 75.8 Å². The van der Waals surface area contributed by atoms with E-state index in [1.165, 1.54) is 58.8 Å². The highest BCUT2D eigenvalue weighted by molar-refractivity contribution is 8.01. The molecule has 7 nitrogen and oxygen atoms in total. The van der Waals surface area contributed by atoms with Gasteiger partial charge in [0.25, 0.3) is 0 Å². The first kappa shape index (κ1) is 25.6. The van der Waals surface area contributed by atoms with Crippen LogP contribution in [0.4, 0.5) is 0 Å². The summed E-state index contributed by atoms with van der Waals surface area (Å²) in [6.45, 7) is 0. The Hall–Kier alpha value is -2.99. The lowest BCUT2D eigenvalue weighted by atomic mass is 10.2. The summed E-state index contributed by atoms with van der Waals surface area (Å²) >= 11 is 12.5. The number of methoxy groups -OCH3 is 4. The highest BCUT2D eigenvalue weighted by Crippen LogP contribution is 2.57. The second-order valence-electron chi connectivity index (χ2n) is 6.87. The zero-order valence-electron chi connectivity index (χ0n) is 18.8. The lowest BCUT2D eigenvalue weighted by Crippen LogP contribution is -2.22. The number of carbonyl (C=O) groups is 2. The second-order valence-corrected chi connectivity index (χ2v) is 10.2. The topological polar surface area (TPSA) is 88.1 Å². The number of hydrogen-bond donors (Lipinski definition) is 0. The van der Waals surface area contributed by atoms with Gasteiger partial charge < -0.3 is 23.5 Å². The third kappa shape index (κ3) is 4.27. The molecule has 178 valence electrons. The van der Waals surface area contributed by atoms with Gasteiger partial charge in [0, 0.05) is 5.30 Å². The number of hydrogen-bond acceptors (Lipinski definition) is 7. The number of ether oxygens (including phenoxy) is 4. The van der Waals surface area contributed by atoms with E-state index in [1.54, 1.807) is 24.3 Å². The predicted molar refractivity (Wildman–Crippen MR) is 131 cm³/mol. The molecule has 3 aromatic carbocycles. The smallest absolute Gasteiger partial charge is 0.249 e. The molecule has 0 aliphatic heterocycles. The van der Waals surface area contributed by atoms with E-state index in [1.807, 2.05) is 0 Å². The Morgan fingerprint density at radius 3 is 1.59 bits per heavy atom. The summed E-state index contributed by atoms with van der Waals surface area (Å²) in [4.78, 5) is 28.1. The van der Waals surface area contributed by atoms with Gasteiger partial charge in [-0.3, -0.25) is 9.59 Å². The highest BCUT2D eigenvalue weighted by Gasteiger charge is 2.47. The molecule has 34 heavy (non-hydrogen) atoms. The summed E-state index contributed by atoms with van der Waals surface area (Å²) in [6.07, 6.45) is 0. The van der Waals surface area contributed by atoms with Crippen LogP contribution in [-0.4, -0.2) is 39.5 Å². The Balaban J connectivity index is 2.41. The molecule has 0 saturated heterocycles. The van der Waals surface area contributed by atoms with Crippen LogP contribution in [0.5, 0.6) is 23.0 Å². The Morgan fingerprint density at radius 2 is 1.15 bits per heavy atom. The first-order valence-corrected chi connectivity index (χ1v) is 12.3. The SMILES string of the molecule is COc1cccc(OC)c1C(=O)P(=O)(C(=O)c1c(OC)c(Cl)cc(Cl)c1OC)c1ccccc1. The minimum Gasteiger partial charge on any atom is -0.496 e. The third-order valence-corrected chi connectivity index (χ3v) is 8.28. The molecule has 0 bridgehead atoms. The number of benzene rings is 3. The van der Waals surface area contributed by atoms with Crippen molar-refractivity contribution in [3.8, 4) is 23.0 Å². The molecule has 1 atom stereocenters. The third-order valence-electron chi connectivity index (χ3n) is 5.10. The molecule has 10 heteroatoms. The van der Waals surface area contributed by atoms with Crippen LogP contribution >= 0.6 is 30.3 Å². The van der Waals surface area contributed by atoms with E-state index >= 15 is 0 Å². The average Bonchev–Trinajstić information content (AvgIpc) is 2.86. The molecule has 0 N–H and O–H groups in total. The molecule has 1 unspecified atom stereocenters. The number of halogens is 2. The van der Waals surface area contributed by atoms with Crippen molar-refractivity contribution >= 4 is 46.7 Å². The summed E-state index contributed by atoms with van der Waals surface area (Å²) in [5.41, 5.74) is -2.50. The van der Waals surface area contributed by atoms with E-state index in [4.69, 9.17) is 42.1 Å². The Labute approximate surface area is 206 Å². The molecule has 0 spiro atoms. The maximum absolute atomic E-state index is 14.7. The van der Waals surface area contributed by atoms with Crippen molar-refractivity contribution in [2.45, 2.75) is 0 Å². The molecular formula is C24H21Cl2O7P. The van der Waals surface area contributed by atoms with E-state index in [0.29, 0.717) is 0 Å². The van der Waals surface area contributed by atoms with Crippen molar-refractivity contribution < 1.29 is 33.1 Å².